The molecule has 9 nitrogen and oxygen atoms in total. The van der Waals surface area contributed by atoms with Gasteiger partial charge in [0.05, 0.1) is 0 Å². The molecule has 0 saturated carbocycles. The number of urea groups is 2. The van der Waals surface area contributed by atoms with Crippen LogP contribution in [0, 0.1) is 36.5 Å². The molecule has 5 amide bonds. The standard InChI is InChI=1S/C36H29N5O4/c1-5-24-10-7-14-29(18-24)38-34(43)40-31-21-27(33(42)37-28-13-9-12-26(20-28)16-17-36(3,4)45)22-32(23-31)41-35(44)39-30-15-8-11-25(6-2)19-30/h1-2,7-15,18-23,45H,3-4H3,(H,37,42)(H2,38,40,43)(H2,39,41,44). The van der Waals surface area contributed by atoms with Gasteiger partial charge in [0.2, 0.25) is 0 Å². The van der Waals surface area contributed by atoms with Crippen molar-refractivity contribution in [3.63, 3.8) is 0 Å². The number of terminal acetylenes is 2. The number of nitrogens with one attached hydrogen (secondary N) is 5. The van der Waals surface area contributed by atoms with Gasteiger partial charge in [-0.1, -0.05) is 41.9 Å². The molecule has 0 atom stereocenters. The lowest BCUT2D eigenvalue weighted by Crippen LogP contribution is -2.22. The van der Waals surface area contributed by atoms with Gasteiger partial charge in [0.1, 0.15) is 5.60 Å². The quantitative estimate of drug-likeness (QED) is 0.146. The minimum absolute atomic E-state index is 0.139. The molecule has 4 aromatic rings. The third kappa shape index (κ3) is 9.80. The first-order chi connectivity index (χ1) is 21.5. The predicted octanol–water partition coefficient (Wildman–Crippen LogP) is 6.31. The van der Waals surface area contributed by atoms with E-state index in [0.717, 1.165) is 0 Å². The number of anilines is 5. The molecule has 0 aliphatic heterocycles. The first-order valence-corrected chi connectivity index (χ1v) is 13.6. The van der Waals surface area contributed by atoms with E-state index < -0.39 is 23.6 Å². The number of hydrogen-bond acceptors (Lipinski definition) is 4. The van der Waals surface area contributed by atoms with Crippen LogP contribution in [0.25, 0.3) is 0 Å². The van der Waals surface area contributed by atoms with Crippen molar-refractivity contribution in [2.75, 3.05) is 26.6 Å². The summed E-state index contributed by atoms with van der Waals surface area (Å²) in [6, 6.07) is 23.5. The smallest absolute Gasteiger partial charge is 0.323 e. The number of benzene rings is 4. The molecular weight excluding hydrogens is 566 g/mol. The van der Waals surface area contributed by atoms with E-state index in [2.05, 4.69) is 50.3 Å². The molecule has 222 valence electrons. The Morgan fingerprint density at radius 1 is 0.600 bits per heavy atom. The zero-order chi connectivity index (χ0) is 32.4. The van der Waals surface area contributed by atoms with Crippen LogP contribution in [0.2, 0.25) is 0 Å². The third-order valence-electron chi connectivity index (χ3n) is 5.92. The molecule has 0 heterocycles. The molecular formula is C36H29N5O4. The first kappa shape index (κ1) is 31.5. The molecule has 4 aromatic carbocycles. The maximum absolute atomic E-state index is 13.4. The van der Waals surface area contributed by atoms with Crippen LogP contribution in [0.5, 0.6) is 0 Å². The Bertz CT molecular complexity index is 1820. The van der Waals surface area contributed by atoms with Gasteiger partial charge in [-0.2, -0.15) is 0 Å². The Kier molecular flexibility index (Phi) is 9.88. The zero-order valence-electron chi connectivity index (χ0n) is 24.5. The maximum Gasteiger partial charge on any atom is 0.323 e. The summed E-state index contributed by atoms with van der Waals surface area (Å²) in [5.41, 5.74) is 2.57. The van der Waals surface area contributed by atoms with E-state index in [0.29, 0.717) is 33.8 Å². The van der Waals surface area contributed by atoms with E-state index in [1.807, 2.05) is 0 Å². The van der Waals surface area contributed by atoms with Crippen molar-refractivity contribution in [1.29, 1.82) is 0 Å². The second-order valence-electron chi connectivity index (χ2n) is 10.3. The number of aliphatic hydroxyl groups is 1. The summed E-state index contributed by atoms with van der Waals surface area (Å²) in [5.74, 6) is 10.1. The summed E-state index contributed by atoms with van der Waals surface area (Å²) in [5, 5.41) is 23.5. The van der Waals surface area contributed by atoms with Crippen LogP contribution in [0.3, 0.4) is 0 Å². The highest BCUT2D eigenvalue weighted by molar-refractivity contribution is 6.08. The molecule has 9 heteroatoms. The van der Waals surface area contributed by atoms with Crippen LogP contribution >= 0.6 is 0 Å². The Labute approximate surface area is 261 Å². The fourth-order valence-corrected chi connectivity index (χ4v) is 3.97. The topological polar surface area (TPSA) is 132 Å². The molecule has 0 radical (unpaired) electrons. The average Bonchev–Trinajstić information content (AvgIpc) is 2.99. The highest BCUT2D eigenvalue weighted by Gasteiger charge is 2.14. The zero-order valence-corrected chi connectivity index (χ0v) is 24.5. The molecule has 0 fully saturated rings. The van der Waals surface area contributed by atoms with Gasteiger partial charge in [0, 0.05) is 50.7 Å². The average molecular weight is 596 g/mol. The highest BCUT2D eigenvalue weighted by atomic mass is 16.3. The lowest BCUT2D eigenvalue weighted by atomic mass is 10.1. The van der Waals surface area contributed by atoms with Crippen molar-refractivity contribution in [3.05, 3.63) is 113 Å². The third-order valence-corrected chi connectivity index (χ3v) is 5.92. The van der Waals surface area contributed by atoms with E-state index in [4.69, 9.17) is 12.8 Å². The van der Waals surface area contributed by atoms with Crippen LogP contribution in [-0.2, 0) is 0 Å². The Morgan fingerprint density at radius 2 is 1.02 bits per heavy atom. The molecule has 0 aliphatic rings. The van der Waals surface area contributed by atoms with Crippen molar-refractivity contribution >= 4 is 46.4 Å². The number of amides is 5. The number of carbonyl (C=O) groups is 3. The van der Waals surface area contributed by atoms with E-state index in [-0.39, 0.29) is 16.9 Å². The molecule has 6 N–H and O–H groups in total. The normalized spacial score (nSPS) is 10.2. The largest absolute Gasteiger partial charge is 0.378 e. The predicted molar refractivity (Wildman–Crippen MR) is 178 cm³/mol. The molecule has 4 rings (SSSR count). The summed E-state index contributed by atoms with van der Waals surface area (Å²) in [6.45, 7) is 3.14. The fraction of sp³-hybridized carbons (Fsp3) is 0.0833. The number of rotatable bonds is 6. The van der Waals surface area contributed by atoms with Gasteiger partial charge in [0.15, 0.2) is 0 Å². The summed E-state index contributed by atoms with van der Waals surface area (Å²) < 4.78 is 0. The molecule has 45 heavy (non-hydrogen) atoms. The fourth-order valence-electron chi connectivity index (χ4n) is 3.97. The van der Waals surface area contributed by atoms with Crippen LogP contribution in [0.15, 0.2) is 91.0 Å². The van der Waals surface area contributed by atoms with E-state index in [1.54, 1.807) is 86.6 Å². The Balaban J connectivity index is 1.58. The maximum atomic E-state index is 13.4. The van der Waals surface area contributed by atoms with Gasteiger partial charge in [-0.05, 0) is 86.6 Å². The van der Waals surface area contributed by atoms with E-state index in [9.17, 15) is 19.5 Å². The highest BCUT2D eigenvalue weighted by Crippen LogP contribution is 2.22. The lowest BCUT2D eigenvalue weighted by molar-refractivity contribution is 0.102. The van der Waals surface area contributed by atoms with Crippen molar-refractivity contribution in [1.82, 2.24) is 0 Å². The van der Waals surface area contributed by atoms with Crippen LogP contribution in [0.4, 0.5) is 38.0 Å². The Hall–Kier alpha value is -6.47. The SMILES string of the molecule is C#Cc1cccc(NC(=O)Nc2cc(NC(=O)Nc3cccc(C#C)c3)cc(C(=O)Nc3cccc(C#CC(C)(C)O)c3)c2)c1. The first-order valence-electron chi connectivity index (χ1n) is 13.6. The minimum atomic E-state index is -1.18. The van der Waals surface area contributed by atoms with Crippen LogP contribution < -0.4 is 26.6 Å². The van der Waals surface area contributed by atoms with Gasteiger partial charge in [0.25, 0.3) is 5.91 Å². The molecule has 0 aliphatic carbocycles. The molecule has 0 spiro atoms. The van der Waals surface area contributed by atoms with Crippen molar-refractivity contribution in [2.45, 2.75) is 19.4 Å². The van der Waals surface area contributed by atoms with E-state index in [1.165, 1.54) is 18.2 Å². The minimum Gasteiger partial charge on any atom is -0.378 e. The molecule has 0 bridgehead atoms. The lowest BCUT2D eigenvalue weighted by Gasteiger charge is -2.14. The van der Waals surface area contributed by atoms with Crippen molar-refractivity contribution < 1.29 is 19.5 Å². The van der Waals surface area contributed by atoms with Gasteiger partial charge in [-0.25, -0.2) is 9.59 Å². The molecule has 0 saturated heterocycles. The van der Waals surface area contributed by atoms with Crippen LogP contribution in [-0.4, -0.2) is 28.7 Å². The van der Waals surface area contributed by atoms with Gasteiger partial charge < -0.3 is 31.7 Å². The van der Waals surface area contributed by atoms with Crippen molar-refractivity contribution in [2.24, 2.45) is 0 Å². The Morgan fingerprint density at radius 3 is 1.49 bits per heavy atom. The second-order valence-corrected chi connectivity index (χ2v) is 10.3. The second kappa shape index (κ2) is 14.1. The van der Waals surface area contributed by atoms with Gasteiger partial charge >= 0.3 is 12.1 Å². The summed E-state index contributed by atoms with van der Waals surface area (Å²) in [6.07, 6.45) is 10.9. The van der Waals surface area contributed by atoms with E-state index >= 15 is 0 Å². The van der Waals surface area contributed by atoms with Gasteiger partial charge in [-0.15, -0.1) is 12.8 Å². The van der Waals surface area contributed by atoms with Crippen molar-refractivity contribution in [3.8, 4) is 36.5 Å². The number of hydrogen-bond donors (Lipinski definition) is 6. The molecule has 0 aromatic heterocycles. The van der Waals surface area contributed by atoms with Crippen LogP contribution in [0.1, 0.15) is 40.9 Å². The molecule has 0 unspecified atom stereocenters. The number of carbonyl (C=O) groups excluding carboxylic acids is 3. The summed E-state index contributed by atoms with van der Waals surface area (Å²) in [4.78, 5) is 39.0. The monoisotopic (exact) mass is 595 g/mol. The summed E-state index contributed by atoms with van der Waals surface area (Å²) in [7, 11) is 0. The van der Waals surface area contributed by atoms with Gasteiger partial charge in [-0.3, -0.25) is 4.79 Å². The summed E-state index contributed by atoms with van der Waals surface area (Å²) >= 11 is 0.